The van der Waals surface area contributed by atoms with Gasteiger partial charge in [-0.1, -0.05) is 0 Å². The number of hydrogen-bond acceptors (Lipinski definition) is 4. The summed E-state index contributed by atoms with van der Waals surface area (Å²) in [7, 11) is 1.83. The molecular weight excluding hydrogens is 305 g/mol. The second-order valence-electron chi connectivity index (χ2n) is 4.94. The Labute approximate surface area is 134 Å². The van der Waals surface area contributed by atoms with Gasteiger partial charge in [-0.05, 0) is 45.2 Å². The molecule has 1 aromatic rings. The maximum Gasteiger partial charge on any atom is 0.234 e. The molecule has 0 saturated carbocycles. The van der Waals surface area contributed by atoms with E-state index in [1.807, 2.05) is 14.0 Å². The van der Waals surface area contributed by atoms with Crippen LogP contribution in [0.5, 0.6) is 0 Å². The van der Waals surface area contributed by atoms with E-state index in [2.05, 4.69) is 16.0 Å². The molecule has 5 nitrogen and oxygen atoms in total. The van der Waals surface area contributed by atoms with Crippen molar-refractivity contribution in [1.29, 1.82) is 0 Å². The minimum atomic E-state index is -0.353. The van der Waals surface area contributed by atoms with Gasteiger partial charge in [0.15, 0.2) is 0 Å². The molecule has 2 atom stereocenters. The van der Waals surface area contributed by atoms with Gasteiger partial charge >= 0.3 is 0 Å². The van der Waals surface area contributed by atoms with E-state index in [1.165, 1.54) is 36.0 Å². The third-order valence-electron chi connectivity index (χ3n) is 3.04. The second kappa shape index (κ2) is 9.42. The highest BCUT2D eigenvalue weighted by atomic mass is 32.2. The zero-order chi connectivity index (χ0) is 16.5. The first-order chi connectivity index (χ1) is 10.4. The van der Waals surface area contributed by atoms with Gasteiger partial charge in [0.05, 0.1) is 11.0 Å². The number of nitrogens with one attached hydrogen (secondary N) is 3. The Morgan fingerprint density at radius 2 is 1.86 bits per heavy atom. The number of halogens is 1. The number of carbonyl (C=O) groups excluding carboxylic acids is 2. The quantitative estimate of drug-likeness (QED) is 0.678. The van der Waals surface area contributed by atoms with Gasteiger partial charge in [0.25, 0.3) is 0 Å². The average Bonchev–Trinajstić information content (AvgIpc) is 2.52. The van der Waals surface area contributed by atoms with E-state index in [-0.39, 0.29) is 34.7 Å². The molecule has 0 aliphatic rings. The monoisotopic (exact) mass is 327 g/mol. The summed E-state index contributed by atoms with van der Waals surface area (Å²) in [5.74, 6) is -0.511. The normalized spacial score (nSPS) is 13.3. The molecule has 0 fully saturated rings. The largest absolute Gasteiger partial charge is 0.354 e. The number of amides is 2. The van der Waals surface area contributed by atoms with Gasteiger partial charge in [-0.25, -0.2) is 4.39 Å². The molecule has 0 aliphatic carbocycles. The summed E-state index contributed by atoms with van der Waals surface area (Å²) in [6.07, 6.45) is 0. The van der Waals surface area contributed by atoms with Crippen molar-refractivity contribution >= 4 is 29.3 Å². The predicted molar refractivity (Wildman–Crippen MR) is 88.5 cm³/mol. The lowest BCUT2D eigenvalue weighted by Crippen LogP contribution is -2.40. The van der Waals surface area contributed by atoms with Gasteiger partial charge in [-0.2, -0.15) is 0 Å². The zero-order valence-electron chi connectivity index (χ0n) is 13.0. The molecule has 3 N–H and O–H groups in total. The Kier molecular flexibility index (Phi) is 7.90. The van der Waals surface area contributed by atoms with Gasteiger partial charge < -0.3 is 16.0 Å². The zero-order valence-corrected chi connectivity index (χ0v) is 13.8. The molecule has 0 radical (unpaired) electrons. The van der Waals surface area contributed by atoms with Crippen LogP contribution in [0.25, 0.3) is 0 Å². The van der Waals surface area contributed by atoms with Crippen LogP contribution < -0.4 is 16.0 Å². The Morgan fingerprint density at radius 3 is 2.45 bits per heavy atom. The molecule has 0 bridgehead atoms. The van der Waals surface area contributed by atoms with Crippen LogP contribution in [-0.2, 0) is 9.59 Å². The number of rotatable bonds is 8. The minimum Gasteiger partial charge on any atom is -0.354 e. The summed E-state index contributed by atoms with van der Waals surface area (Å²) < 4.78 is 12.8. The molecule has 0 saturated heterocycles. The average molecular weight is 327 g/mol. The van der Waals surface area contributed by atoms with Crippen molar-refractivity contribution in [2.45, 2.75) is 25.1 Å². The third kappa shape index (κ3) is 6.91. The molecule has 1 aromatic carbocycles. The van der Waals surface area contributed by atoms with Crippen molar-refractivity contribution in [2.75, 3.05) is 24.7 Å². The summed E-state index contributed by atoms with van der Waals surface area (Å²) in [4.78, 5) is 23.6. The van der Waals surface area contributed by atoms with Crippen LogP contribution in [0, 0.1) is 5.82 Å². The fourth-order valence-corrected chi connectivity index (χ4v) is 2.21. The number of benzene rings is 1. The SMILES string of the molecule is CNC(C)CNC(=O)C(C)SCC(=O)Nc1ccc(F)cc1. The first-order valence-electron chi connectivity index (χ1n) is 7.04. The second-order valence-corrected chi connectivity index (χ2v) is 6.27. The number of hydrogen-bond donors (Lipinski definition) is 3. The van der Waals surface area contributed by atoms with E-state index in [4.69, 9.17) is 0 Å². The van der Waals surface area contributed by atoms with Gasteiger partial charge in [0, 0.05) is 18.3 Å². The van der Waals surface area contributed by atoms with Gasteiger partial charge in [-0.15, -0.1) is 11.8 Å². The van der Waals surface area contributed by atoms with Crippen LogP contribution in [-0.4, -0.2) is 42.5 Å². The van der Waals surface area contributed by atoms with Crippen molar-refractivity contribution in [3.8, 4) is 0 Å². The highest BCUT2D eigenvalue weighted by Gasteiger charge is 2.15. The summed E-state index contributed by atoms with van der Waals surface area (Å²) >= 11 is 1.26. The first kappa shape index (κ1) is 18.4. The van der Waals surface area contributed by atoms with Gasteiger partial charge in [-0.3, -0.25) is 9.59 Å². The van der Waals surface area contributed by atoms with Gasteiger partial charge in [0.1, 0.15) is 5.82 Å². The molecule has 22 heavy (non-hydrogen) atoms. The molecule has 2 amide bonds. The number of thioether (sulfide) groups is 1. The first-order valence-corrected chi connectivity index (χ1v) is 8.09. The maximum absolute atomic E-state index is 12.8. The topological polar surface area (TPSA) is 70.2 Å². The molecule has 7 heteroatoms. The Bertz CT molecular complexity index is 496. The van der Waals surface area contributed by atoms with Crippen molar-refractivity contribution in [1.82, 2.24) is 10.6 Å². The number of likely N-dealkylation sites (N-methyl/N-ethyl adjacent to an activating group) is 1. The van der Waals surface area contributed by atoms with Crippen molar-refractivity contribution in [3.05, 3.63) is 30.1 Å². The summed E-state index contributed by atoms with van der Waals surface area (Å²) in [5, 5.41) is 8.18. The molecule has 122 valence electrons. The Morgan fingerprint density at radius 1 is 1.23 bits per heavy atom. The van der Waals surface area contributed by atoms with Crippen molar-refractivity contribution in [2.24, 2.45) is 0 Å². The van der Waals surface area contributed by atoms with E-state index in [1.54, 1.807) is 6.92 Å². The van der Waals surface area contributed by atoms with Crippen LogP contribution in [0.15, 0.2) is 24.3 Å². The van der Waals surface area contributed by atoms with Crippen molar-refractivity contribution < 1.29 is 14.0 Å². The highest BCUT2D eigenvalue weighted by Crippen LogP contribution is 2.13. The van der Waals surface area contributed by atoms with Crippen molar-refractivity contribution in [3.63, 3.8) is 0 Å². The number of anilines is 1. The molecule has 0 spiro atoms. The fraction of sp³-hybridized carbons (Fsp3) is 0.467. The summed E-state index contributed by atoms with van der Waals surface area (Å²) in [6, 6.07) is 5.74. The van der Waals surface area contributed by atoms with E-state index in [9.17, 15) is 14.0 Å². The van der Waals surface area contributed by atoms with Crippen LogP contribution >= 0.6 is 11.8 Å². The summed E-state index contributed by atoms with van der Waals surface area (Å²) in [6.45, 7) is 4.27. The standard InChI is InChI=1S/C15H22FN3O2S/c1-10(17-3)8-18-15(21)11(2)22-9-14(20)19-13-6-4-12(16)5-7-13/h4-7,10-11,17H,8-9H2,1-3H3,(H,18,21)(H,19,20). The van der Waals surface area contributed by atoms with E-state index in [0.717, 1.165) is 0 Å². The van der Waals surface area contributed by atoms with Crippen LogP contribution in [0.3, 0.4) is 0 Å². The van der Waals surface area contributed by atoms with E-state index in [0.29, 0.717) is 12.2 Å². The third-order valence-corrected chi connectivity index (χ3v) is 4.18. The predicted octanol–water partition coefficient (Wildman–Crippen LogP) is 1.61. The maximum atomic E-state index is 12.8. The lowest BCUT2D eigenvalue weighted by molar-refractivity contribution is -0.120. The molecule has 0 aliphatic heterocycles. The van der Waals surface area contributed by atoms with Crippen LogP contribution in [0.4, 0.5) is 10.1 Å². The Balaban J connectivity index is 2.30. The summed E-state index contributed by atoms with van der Waals surface area (Å²) in [5.41, 5.74) is 0.534. The molecule has 0 heterocycles. The lowest BCUT2D eigenvalue weighted by atomic mass is 10.3. The molecule has 0 aromatic heterocycles. The van der Waals surface area contributed by atoms with E-state index < -0.39 is 0 Å². The number of carbonyl (C=O) groups is 2. The van der Waals surface area contributed by atoms with Crippen LogP contribution in [0.2, 0.25) is 0 Å². The van der Waals surface area contributed by atoms with Crippen LogP contribution in [0.1, 0.15) is 13.8 Å². The highest BCUT2D eigenvalue weighted by molar-refractivity contribution is 8.01. The molecule has 2 unspecified atom stereocenters. The van der Waals surface area contributed by atoms with Gasteiger partial charge in [0.2, 0.25) is 11.8 Å². The minimum absolute atomic E-state index is 0.0957. The smallest absolute Gasteiger partial charge is 0.234 e. The fourth-order valence-electron chi connectivity index (χ4n) is 1.51. The van der Waals surface area contributed by atoms with E-state index >= 15 is 0 Å². The Hall–Kier alpha value is -1.60. The molecular formula is C15H22FN3O2S. The lowest BCUT2D eigenvalue weighted by Gasteiger charge is -2.15. The molecule has 1 rings (SSSR count).